The molecule has 2 rings (SSSR count). The zero-order chi connectivity index (χ0) is 13.0. The smallest absolute Gasteiger partial charge is 0.140 e. The number of rotatable bonds is 6. The number of thiophene rings is 1. The Hall–Kier alpha value is -1.24. The molecule has 0 fully saturated rings. The maximum atomic E-state index is 5.65. The number of aryl methyl sites for hydroxylation is 1. The molecule has 0 amide bonds. The maximum Gasteiger partial charge on any atom is 0.140 e. The highest BCUT2D eigenvalue weighted by atomic mass is 32.1. The molecule has 5 nitrogen and oxygen atoms in total. The number of fused-ring (bicyclic) bond motifs is 1. The summed E-state index contributed by atoms with van der Waals surface area (Å²) < 4.78 is 0. The first-order valence-electron chi connectivity index (χ1n) is 6.18. The van der Waals surface area contributed by atoms with Crippen LogP contribution in [0, 0.1) is 0 Å². The van der Waals surface area contributed by atoms with Gasteiger partial charge >= 0.3 is 0 Å². The lowest BCUT2D eigenvalue weighted by atomic mass is 10.3. The fourth-order valence-electron chi connectivity index (χ4n) is 1.95. The van der Waals surface area contributed by atoms with Gasteiger partial charge in [-0.25, -0.2) is 9.97 Å². The van der Waals surface area contributed by atoms with Gasteiger partial charge < -0.3 is 16.4 Å². The van der Waals surface area contributed by atoms with Crippen molar-refractivity contribution in [2.24, 2.45) is 11.5 Å². The fraction of sp³-hybridized carbons (Fsp3) is 0.500. The summed E-state index contributed by atoms with van der Waals surface area (Å²) in [5.74, 6) is 0.951. The van der Waals surface area contributed by atoms with Gasteiger partial charge in [0.25, 0.3) is 0 Å². The standard InChI is InChI=1S/C12H19N5S/c1-2-9-7-10-11(15-8-16-12(10)18-9)17(5-3-13)6-4-14/h7-8H,2-6,13-14H2,1H3. The third-order valence-corrected chi connectivity index (χ3v) is 3.99. The van der Waals surface area contributed by atoms with Crippen LogP contribution in [0.25, 0.3) is 10.2 Å². The van der Waals surface area contributed by atoms with Crippen molar-refractivity contribution in [2.75, 3.05) is 31.1 Å². The summed E-state index contributed by atoms with van der Waals surface area (Å²) >= 11 is 1.72. The fourth-order valence-corrected chi connectivity index (χ4v) is 2.88. The monoisotopic (exact) mass is 265 g/mol. The van der Waals surface area contributed by atoms with Crippen molar-refractivity contribution in [3.63, 3.8) is 0 Å². The van der Waals surface area contributed by atoms with Crippen LogP contribution >= 0.6 is 11.3 Å². The minimum absolute atomic E-state index is 0.594. The van der Waals surface area contributed by atoms with E-state index in [0.29, 0.717) is 13.1 Å². The second kappa shape index (κ2) is 6.08. The van der Waals surface area contributed by atoms with Gasteiger partial charge in [0.15, 0.2) is 0 Å². The third kappa shape index (κ3) is 2.60. The van der Waals surface area contributed by atoms with E-state index < -0.39 is 0 Å². The molecule has 0 spiro atoms. The lowest BCUT2D eigenvalue weighted by Crippen LogP contribution is -2.34. The summed E-state index contributed by atoms with van der Waals surface area (Å²) in [4.78, 5) is 13.2. The van der Waals surface area contributed by atoms with Crippen LogP contribution < -0.4 is 16.4 Å². The highest BCUT2D eigenvalue weighted by Crippen LogP contribution is 2.30. The molecule has 98 valence electrons. The molecule has 0 radical (unpaired) electrons. The molecule has 2 aromatic heterocycles. The molecule has 18 heavy (non-hydrogen) atoms. The van der Waals surface area contributed by atoms with Crippen molar-refractivity contribution in [1.82, 2.24) is 9.97 Å². The quantitative estimate of drug-likeness (QED) is 0.813. The van der Waals surface area contributed by atoms with E-state index in [-0.39, 0.29) is 0 Å². The number of hydrogen-bond acceptors (Lipinski definition) is 6. The van der Waals surface area contributed by atoms with Gasteiger partial charge in [0.1, 0.15) is 17.0 Å². The lowest BCUT2D eigenvalue weighted by Gasteiger charge is -2.22. The Kier molecular flexibility index (Phi) is 4.46. The predicted molar refractivity (Wildman–Crippen MR) is 77.1 cm³/mol. The van der Waals surface area contributed by atoms with E-state index >= 15 is 0 Å². The van der Waals surface area contributed by atoms with Crippen molar-refractivity contribution < 1.29 is 0 Å². The minimum Gasteiger partial charge on any atom is -0.353 e. The molecular weight excluding hydrogens is 246 g/mol. The second-order valence-electron chi connectivity index (χ2n) is 4.05. The van der Waals surface area contributed by atoms with Gasteiger partial charge in [0, 0.05) is 31.1 Å². The Morgan fingerprint density at radius 1 is 1.22 bits per heavy atom. The molecule has 4 N–H and O–H groups in total. The van der Waals surface area contributed by atoms with Crippen LogP contribution in [-0.2, 0) is 6.42 Å². The zero-order valence-electron chi connectivity index (χ0n) is 10.6. The zero-order valence-corrected chi connectivity index (χ0v) is 11.4. The molecule has 0 aromatic carbocycles. The van der Waals surface area contributed by atoms with E-state index in [4.69, 9.17) is 11.5 Å². The Bertz CT molecular complexity index is 504. The molecule has 2 heterocycles. The van der Waals surface area contributed by atoms with Crippen LogP contribution in [0.4, 0.5) is 5.82 Å². The molecule has 6 heteroatoms. The van der Waals surface area contributed by atoms with Crippen molar-refractivity contribution in [1.29, 1.82) is 0 Å². The van der Waals surface area contributed by atoms with Gasteiger partial charge in [-0.15, -0.1) is 11.3 Å². The van der Waals surface area contributed by atoms with Crippen LogP contribution in [0.5, 0.6) is 0 Å². The number of hydrogen-bond donors (Lipinski definition) is 2. The van der Waals surface area contributed by atoms with Crippen LogP contribution in [0.1, 0.15) is 11.8 Å². The molecule has 0 aliphatic carbocycles. The Morgan fingerprint density at radius 3 is 2.56 bits per heavy atom. The average molecular weight is 265 g/mol. The summed E-state index contributed by atoms with van der Waals surface area (Å²) in [6.07, 6.45) is 2.64. The van der Waals surface area contributed by atoms with Gasteiger partial charge in [0.2, 0.25) is 0 Å². The van der Waals surface area contributed by atoms with Crippen LogP contribution in [0.3, 0.4) is 0 Å². The molecule has 0 aliphatic rings. The lowest BCUT2D eigenvalue weighted by molar-refractivity contribution is 0.772. The van der Waals surface area contributed by atoms with Crippen LogP contribution in [-0.4, -0.2) is 36.1 Å². The van der Waals surface area contributed by atoms with E-state index in [9.17, 15) is 0 Å². The Morgan fingerprint density at radius 2 is 1.94 bits per heavy atom. The Labute approximate surface area is 111 Å². The number of aromatic nitrogens is 2. The molecule has 0 bridgehead atoms. The molecule has 0 aliphatic heterocycles. The summed E-state index contributed by atoms with van der Waals surface area (Å²) in [7, 11) is 0. The van der Waals surface area contributed by atoms with E-state index in [0.717, 1.165) is 35.5 Å². The maximum absolute atomic E-state index is 5.65. The van der Waals surface area contributed by atoms with Gasteiger partial charge in [-0.1, -0.05) is 6.92 Å². The molecule has 0 saturated carbocycles. The van der Waals surface area contributed by atoms with Gasteiger partial charge in [-0.05, 0) is 12.5 Å². The van der Waals surface area contributed by atoms with Gasteiger partial charge in [-0.3, -0.25) is 0 Å². The number of nitrogens with zero attached hydrogens (tertiary/aromatic N) is 3. The SMILES string of the molecule is CCc1cc2c(N(CCN)CCN)ncnc2s1. The highest BCUT2D eigenvalue weighted by Gasteiger charge is 2.13. The van der Waals surface area contributed by atoms with E-state index in [1.165, 1.54) is 4.88 Å². The number of anilines is 1. The summed E-state index contributed by atoms with van der Waals surface area (Å²) in [5.41, 5.74) is 11.3. The van der Waals surface area contributed by atoms with E-state index in [2.05, 4.69) is 27.9 Å². The molecule has 2 aromatic rings. The number of nitrogens with two attached hydrogens (primary N) is 2. The second-order valence-corrected chi connectivity index (χ2v) is 5.16. The normalized spacial score (nSPS) is 11.1. The first kappa shape index (κ1) is 13.2. The first-order chi connectivity index (χ1) is 8.80. The topological polar surface area (TPSA) is 81.1 Å². The molecule has 0 unspecified atom stereocenters. The van der Waals surface area contributed by atoms with E-state index in [1.807, 2.05) is 0 Å². The minimum atomic E-state index is 0.594. The summed E-state index contributed by atoms with van der Waals surface area (Å²) in [6, 6.07) is 2.18. The molecule has 0 atom stereocenters. The van der Waals surface area contributed by atoms with Crippen molar-refractivity contribution in [2.45, 2.75) is 13.3 Å². The average Bonchev–Trinajstić information content (AvgIpc) is 2.81. The van der Waals surface area contributed by atoms with Gasteiger partial charge in [0.05, 0.1) is 5.39 Å². The third-order valence-electron chi connectivity index (χ3n) is 2.81. The van der Waals surface area contributed by atoms with Crippen LogP contribution in [0.15, 0.2) is 12.4 Å². The van der Waals surface area contributed by atoms with Gasteiger partial charge in [-0.2, -0.15) is 0 Å². The first-order valence-corrected chi connectivity index (χ1v) is 7.00. The molecule has 0 saturated heterocycles. The van der Waals surface area contributed by atoms with Crippen molar-refractivity contribution >= 4 is 27.4 Å². The summed E-state index contributed by atoms with van der Waals surface area (Å²) in [6.45, 7) is 4.86. The summed E-state index contributed by atoms with van der Waals surface area (Å²) in [5, 5.41) is 1.11. The highest BCUT2D eigenvalue weighted by molar-refractivity contribution is 7.18. The van der Waals surface area contributed by atoms with Crippen molar-refractivity contribution in [3.05, 3.63) is 17.3 Å². The van der Waals surface area contributed by atoms with Crippen molar-refractivity contribution in [3.8, 4) is 0 Å². The van der Waals surface area contributed by atoms with E-state index in [1.54, 1.807) is 17.7 Å². The van der Waals surface area contributed by atoms with Crippen LogP contribution in [0.2, 0.25) is 0 Å². The Balaban J connectivity index is 2.43. The molecular formula is C12H19N5S. The largest absolute Gasteiger partial charge is 0.353 e. The predicted octanol–water partition coefficient (Wildman–Crippen LogP) is 0.978.